The van der Waals surface area contributed by atoms with Gasteiger partial charge in [-0.2, -0.15) is 0 Å². The minimum atomic E-state index is -3.19. The SMILES string of the molecule is CP(=O)(O)C([NH3+])c1cccc2ccccc12. The van der Waals surface area contributed by atoms with Gasteiger partial charge in [0.1, 0.15) is 0 Å². The van der Waals surface area contributed by atoms with E-state index in [1.165, 1.54) is 6.66 Å². The zero-order valence-corrected chi connectivity index (χ0v) is 10.0. The molecule has 0 radical (unpaired) electrons. The molecule has 0 spiro atoms. The van der Waals surface area contributed by atoms with E-state index in [2.05, 4.69) is 5.73 Å². The fraction of sp³-hybridized carbons (Fsp3) is 0.167. The monoisotopic (exact) mass is 236 g/mol. The summed E-state index contributed by atoms with van der Waals surface area (Å²) in [7, 11) is -3.19. The van der Waals surface area contributed by atoms with Crippen molar-refractivity contribution < 1.29 is 15.2 Å². The van der Waals surface area contributed by atoms with Gasteiger partial charge in [0.15, 0.2) is 5.78 Å². The van der Waals surface area contributed by atoms with E-state index in [4.69, 9.17) is 0 Å². The van der Waals surface area contributed by atoms with Crippen molar-refractivity contribution in [3.05, 3.63) is 48.0 Å². The number of hydrogen-bond acceptors (Lipinski definition) is 1. The Hall–Kier alpha value is -1.15. The van der Waals surface area contributed by atoms with Crippen molar-refractivity contribution in [1.29, 1.82) is 0 Å². The Balaban J connectivity index is 2.65. The van der Waals surface area contributed by atoms with Gasteiger partial charge in [0.05, 0.1) is 0 Å². The Labute approximate surface area is 94.4 Å². The molecule has 0 bridgehead atoms. The summed E-state index contributed by atoms with van der Waals surface area (Å²) in [5.74, 6) is -0.571. The Morgan fingerprint density at radius 3 is 2.50 bits per heavy atom. The lowest BCUT2D eigenvalue weighted by molar-refractivity contribution is -0.396. The minimum absolute atomic E-state index is 0.571. The first kappa shape index (κ1) is 11.3. The summed E-state index contributed by atoms with van der Waals surface area (Å²) in [4.78, 5) is 9.59. The highest BCUT2D eigenvalue weighted by molar-refractivity contribution is 7.57. The molecule has 0 saturated heterocycles. The fourth-order valence-corrected chi connectivity index (χ4v) is 2.54. The van der Waals surface area contributed by atoms with E-state index < -0.39 is 13.2 Å². The Morgan fingerprint density at radius 1 is 1.19 bits per heavy atom. The van der Waals surface area contributed by atoms with Crippen LogP contribution in [0, 0.1) is 0 Å². The van der Waals surface area contributed by atoms with Gasteiger partial charge in [-0.15, -0.1) is 0 Å². The maximum Gasteiger partial charge on any atom is 0.258 e. The van der Waals surface area contributed by atoms with E-state index in [1.54, 1.807) is 0 Å². The quantitative estimate of drug-likeness (QED) is 0.783. The fourth-order valence-electron chi connectivity index (χ4n) is 1.80. The number of hydrogen-bond donors (Lipinski definition) is 2. The lowest BCUT2D eigenvalue weighted by Crippen LogP contribution is -2.53. The molecule has 0 aliphatic carbocycles. The standard InChI is InChI=1S/C12H14NO2P/c1-16(14,15)12(13)11-8-4-6-9-5-2-3-7-10(9)11/h2-8,12H,13H2,1H3,(H,14,15)/p+1. The van der Waals surface area contributed by atoms with E-state index in [9.17, 15) is 9.46 Å². The summed E-state index contributed by atoms with van der Waals surface area (Å²) in [6.45, 7) is 1.35. The highest BCUT2D eigenvalue weighted by Crippen LogP contribution is 2.48. The molecule has 0 heterocycles. The average Bonchev–Trinajstić information content (AvgIpc) is 2.26. The number of fused-ring (bicyclic) bond motifs is 1. The van der Waals surface area contributed by atoms with Crippen molar-refractivity contribution in [3.8, 4) is 0 Å². The molecule has 0 aromatic heterocycles. The Morgan fingerprint density at radius 2 is 1.81 bits per heavy atom. The zero-order valence-electron chi connectivity index (χ0n) is 9.13. The normalized spacial score (nSPS) is 16.9. The van der Waals surface area contributed by atoms with Gasteiger partial charge in [0.25, 0.3) is 7.37 Å². The molecule has 2 atom stereocenters. The van der Waals surface area contributed by atoms with Crippen molar-refractivity contribution in [2.45, 2.75) is 5.78 Å². The molecule has 4 N–H and O–H groups in total. The van der Waals surface area contributed by atoms with Crippen molar-refractivity contribution in [3.63, 3.8) is 0 Å². The summed E-state index contributed by atoms with van der Waals surface area (Å²) in [6, 6.07) is 13.6. The molecular formula is C12H15NO2P+. The predicted octanol–water partition coefficient (Wildman–Crippen LogP) is 1.98. The van der Waals surface area contributed by atoms with E-state index in [0.717, 1.165) is 16.3 Å². The second kappa shape index (κ2) is 4.02. The molecule has 0 amide bonds. The molecule has 2 aromatic rings. The molecule has 2 rings (SSSR count). The largest absolute Gasteiger partial charge is 0.343 e. The molecular weight excluding hydrogens is 221 g/mol. The molecule has 0 aliphatic rings. The van der Waals surface area contributed by atoms with Crippen molar-refractivity contribution in [2.24, 2.45) is 0 Å². The molecule has 3 nitrogen and oxygen atoms in total. The van der Waals surface area contributed by atoms with Gasteiger partial charge < -0.3 is 10.6 Å². The third-order valence-electron chi connectivity index (χ3n) is 2.76. The first-order chi connectivity index (χ1) is 7.50. The van der Waals surface area contributed by atoms with Crippen LogP contribution in [0.5, 0.6) is 0 Å². The Bertz CT molecular complexity index is 556. The first-order valence-electron chi connectivity index (χ1n) is 5.11. The van der Waals surface area contributed by atoms with Crippen molar-refractivity contribution in [2.75, 3.05) is 6.66 Å². The van der Waals surface area contributed by atoms with Crippen LogP contribution in [-0.2, 0) is 4.57 Å². The van der Waals surface area contributed by atoms with Gasteiger partial charge in [-0.05, 0) is 10.8 Å². The lowest BCUT2D eigenvalue weighted by Gasteiger charge is -2.14. The second-order valence-corrected chi connectivity index (χ2v) is 6.54. The van der Waals surface area contributed by atoms with E-state index in [1.807, 2.05) is 42.5 Å². The van der Waals surface area contributed by atoms with Gasteiger partial charge >= 0.3 is 0 Å². The third kappa shape index (κ3) is 2.03. The molecule has 0 aliphatic heterocycles. The maximum absolute atomic E-state index is 11.7. The van der Waals surface area contributed by atoms with Crippen LogP contribution in [0.2, 0.25) is 0 Å². The summed E-state index contributed by atoms with van der Waals surface area (Å²) in [5, 5.41) is 2.07. The van der Waals surface area contributed by atoms with Crippen LogP contribution in [0.1, 0.15) is 11.3 Å². The predicted molar refractivity (Wildman–Crippen MR) is 65.3 cm³/mol. The molecule has 2 unspecified atom stereocenters. The van der Waals surface area contributed by atoms with Crippen LogP contribution in [0.25, 0.3) is 10.8 Å². The third-order valence-corrected chi connectivity index (χ3v) is 4.20. The highest BCUT2D eigenvalue weighted by atomic mass is 31.2. The lowest BCUT2D eigenvalue weighted by atomic mass is 10.0. The summed E-state index contributed by atoms with van der Waals surface area (Å²) < 4.78 is 11.7. The Kier molecular flexibility index (Phi) is 2.85. The van der Waals surface area contributed by atoms with E-state index >= 15 is 0 Å². The van der Waals surface area contributed by atoms with Crippen LogP contribution in [0.15, 0.2) is 42.5 Å². The summed E-state index contributed by atoms with van der Waals surface area (Å²) in [6.07, 6.45) is 0. The number of quaternary nitrogens is 1. The van der Waals surface area contributed by atoms with Gasteiger partial charge in [0.2, 0.25) is 0 Å². The summed E-state index contributed by atoms with van der Waals surface area (Å²) in [5.41, 5.74) is 4.66. The molecule has 4 heteroatoms. The molecule has 16 heavy (non-hydrogen) atoms. The zero-order chi connectivity index (χ0) is 11.8. The van der Waals surface area contributed by atoms with Crippen LogP contribution < -0.4 is 5.73 Å². The minimum Gasteiger partial charge on any atom is -0.343 e. The first-order valence-corrected chi connectivity index (χ1v) is 7.28. The molecule has 0 saturated carbocycles. The maximum atomic E-state index is 11.7. The van der Waals surface area contributed by atoms with Crippen LogP contribution in [0.4, 0.5) is 0 Å². The van der Waals surface area contributed by atoms with Crippen LogP contribution in [-0.4, -0.2) is 11.6 Å². The molecule has 84 valence electrons. The number of benzene rings is 2. The van der Waals surface area contributed by atoms with Gasteiger partial charge in [0, 0.05) is 12.2 Å². The van der Waals surface area contributed by atoms with Crippen molar-refractivity contribution in [1.82, 2.24) is 0 Å². The van der Waals surface area contributed by atoms with Gasteiger partial charge in [-0.3, -0.25) is 4.57 Å². The van der Waals surface area contributed by atoms with Crippen LogP contribution in [0.3, 0.4) is 0 Å². The van der Waals surface area contributed by atoms with E-state index in [-0.39, 0.29) is 0 Å². The smallest absolute Gasteiger partial charge is 0.258 e. The van der Waals surface area contributed by atoms with Crippen molar-refractivity contribution >= 4 is 18.1 Å². The summed E-state index contributed by atoms with van der Waals surface area (Å²) >= 11 is 0. The van der Waals surface area contributed by atoms with E-state index in [0.29, 0.717) is 0 Å². The number of rotatable bonds is 2. The second-order valence-electron chi connectivity index (χ2n) is 4.03. The highest BCUT2D eigenvalue weighted by Gasteiger charge is 2.28. The molecule has 0 fully saturated rings. The molecule has 2 aromatic carbocycles. The average molecular weight is 236 g/mol. The van der Waals surface area contributed by atoms with Gasteiger partial charge in [-0.1, -0.05) is 42.5 Å². The van der Waals surface area contributed by atoms with Gasteiger partial charge in [-0.25, -0.2) is 0 Å². The van der Waals surface area contributed by atoms with Crippen LogP contribution >= 0.6 is 7.37 Å². The topological polar surface area (TPSA) is 64.9 Å².